The van der Waals surface area contributed by atoms with E-state index in [9.17, 15) is 5.11 Å². The van der Waals surface area contributed by atoms with Crippen molar-refractivity contribution in [3.8, 4) is 11.5 Å². The second-order valence-electron chi connectivity index (χ2n) is 8.88. The highest BCUT2D eigenvalue weighted by Gasteiger charge is 2.32. The number of nitrogens with zero attached hydrogens (tertiary/aromatic N) is 1. The van der Waals surface area contributed by atoms with Crippen LogP contribution in [0.3, 0.4) is 0 Å². The lowest BCUT2D eigenvalue weighted by molar-refractivity contribution is 0.237. The Bertz CT molecular complexity index is 1000. The molecule has 0 unspecified atom stereocenters. The Morgan fingerprint density at radius 2 is 1.62 bits per heavy atom. The molecular formula is C28H32ClNO2. The van der Waals surface area contributed by atoms with Crippen molar-refractivity contribution in [1.82, 2.24) is 4.90 Å². The van der Waals surface area contributed by atoms with Crippen LogP contribution in [0.5, 0.6) is 11.5 Å². The van der Waals surface area contributed by atoms with Crippen LogP contribution in [0, 0.1) is 0 Å². The van der Waals surface area contributed by atoms with Crippen LogP contribution in [0.4, 0.5) is 0 Å². The Morgan fingerprint density at radius 1 is 0.875 bits per heavy atom. The summed E-state index contributed by atoms with van der Waals surface area (Å²) >= 11 is 0. The standard InChI is InChI=1S/C28H31NO2.ClH/c30-24-11-15-27-23(20-24)10-14-26(21-6-2-1-3-7-21)28(27)22-8-12-25(13-9-22)31-19-18-29-16-4-5-17-29;/h1-3,6-9,11-13,15,20,26,28,30H,4-5,10,14,16-19H2;1H/t26-,28-;/m1./s1. The molecule has 4 heteroatoms. The molecule has 1 aliphatic carbocycles. The first kappa shape index (κ1) is 22.7. The van der Waals surface area contributed by atoms with Crippen molar-refractivity contribution in [1.29, 1.82) is 0 Å². The van der Waals surface area contributed by atoms with Gasteiger partial charge in [0.15, 0.2) is 0 Å². The predicted octanol–water partition coefficient (Wildman–Crippen LogP) is 6.15. The second kappa shape index (κ2) is 10.4. The maximum Gasteiger partial charge on any atom is 0.119 e. The number of aromatic hydroxyl groups is 1. The molecule has 3 aromatic rings. The molecule has 3 aromatic carbocycles. The van der Waals surface area contributed by atoms with Gasteiger partial charge in [-0.1, -0.05) is 48.5 Å². The minimum atomic E-state index is 0. The molecule has 1 heterocycles. The van der Waals surface area contributed by atoms with Gasteiger partial charge in [0.25, 0.3) is 0 Å². The molecule has 2 aliphatic rings. The number of likely N-dealkylation sites (tertiary alicyclic amines) is 1. The monoisotopic (exact) mass is 449 g/mol. The van der Waals surface area contributed by atoms with Crippen LogP contribution < -0.4 is 4.74 Å². The molecule has 0 aromatic heterocycles. The van der Waals surface area contributed by atoms with Gasteiger partial charge in [0, 0.05) is 12.5 Å². The minimum absolute atomic E-state index is 0. The molecule has 168 valence electrons. The van der Waals surface area contributed by atoms with Gasteiger partial charge >= 0.3 is 0 Å². The smallest absolute Gasteiger partial charge is 0.119 e. The van der Waals surface area contributed by atoms with Crippen molar-refractivity contribution in [3.05, 3.63) is 95.1 Å². The van der Waals surface area contributed by atoms with E-state index >= 15 is 0 Å². The van der Waals surface area contributed by atoms with Crippen LogP contribution in [0.15, 0.2) is 72.8 Å². The molecule has 0 amide bonds. The molecule has 1 N–H and O–H groups in total. The van der Waals surface area contributed by atoms with E-state index in [4.69, 9.17) is 4.74 Å². The maximum absolute atomic E-state index is 10.0. The van der Waals surface area contributed by atoms with Crippen molar-refractivity contribution in [2.75, 3.05) is 26.2 Å². The fourth-order valence-corrected chi connectivity index (χ4v) is 5.35. The molecule has 0 spiro atoms. The van der Waals surface area contributed by atoms with Gasteiger partial charge in [-0.15, -0.1) is 12.4 Å². The highest BCUT2D eigenvalue weighted by molar-refractivity contribution is 5.85. The number of hydrogen-bond acceptors (Lipinski definition) is 3. The molecule has 1 aliphatic heterocycles. The zero-order valence-electron chi connectivity index (χ0n) is 18.5. The SMILES string of the molecule is Cl.Oc1ccc2c(c1)CC[C@H](c1ccccc1)[C@H]2c1ccc(OCCN2CCCC2)cc1. The average molecular weight is 450 g/mol. The minimum Gasteiger partial charge on any atom is -0.508 e. The van der Waals surface area contributed by atoms with E-state index in [2.05, 4.69) is 65.6 Å². The number of fused-ring (bicyclic) bond motifs is 1. The number of phenols is 1. The van der Waals surface area contributed by atoms with Gasteiger partial charge in [0.2, 0.25) is 0 Å². The zero-order valence-corrected chi connectivity index (χ0v) is 19.3. The Hall–Kier alpha value is -2.49. The highest BCUT2D eigenvalue weighted by Crippen LogP contribution is 2.47. The van der Waals surface area contributed by atoms with E-state index in [1.54, 1.807) is 0 Å². The van der Waals surface area contributed by atoms with Gasteiger partial charge in [-0.05, 0) is 91.2 Å². The summed E-state index contributed by atoms with van der Waals surface area (Å²) in [6.07, 6.45) is 4.71. The number of hydrogen-bond donors (Lipinski definition) is 1. The van der Waals surface area contributed by atoms with Crippen LogP contribution in [-0.2, 0) is 6.42 Å². The van der Waals surface area contributed by atoms with Crippen molar-refractivity contribution in [3.63, 3.8) is 0 Å². The number of ether oxygens (including phenoxy) is 1. The van der Waals surface area contributed by atoms with E-state index in [1.807, 2.05) is 12.1 Å². The van der Waals surface area contributed by atoms with Crippen LogP contribution in [0.25, 0.3) is 0 Å². The summed E-state index contributed by atoms with van der Waals surface area (Å²) in [5, 5.41) is 10.0. The van der Waals surface area contributed by atoms with E-state index in [0.717, 1.165) is 31.7 Å². The lowest BCUT2D eigenvalue weighted by atomic mass is 9.69. The predicted molar refractivity (Wildman–Crippen MR) is 132 cm³/mol. The fourth-order valence-electron chi connectivity index (χ4n) is 5.35. The molecule has 32 heavy (non-hydrogen) atoms. The summed E-state index contributed by atoms with van der Waals surface area (Å²) in [7, 11) is 0. The first-order chi connectivity index (χ1) is 15.3. The molecule has 5 rings (SSSR count). The highest BCUT2D eigenvalue weighted by atomic mass is 35.5. The number of aryl methyl sites for hydroxylation is 1. The van der Waals surface area contributed by atoms with Gasteiger partial charge in [-0.3, -0.25) is 4.90 Å². The third-order valence-corrected chi connectivity index (χ3v) is 6.93. The van der Waals surface area contributed by atoms with Gasteiger partial charge < -0.3 is 9.84 Å². The van der Waals surface area contributed by atoms with E-state index < -0.39 is 0 Å². The van der Waals surface area contributed by atoms with Gasteiger partial charge in [-0.2, -0.15) is 0 Å². The Labute approximate surface area is 197 Å². The van der Waals surface area contributed by atoms with Crippen LogP contribution in [0.1, 0.15) is 53.4 Å². The van der Waals surface area contributed by atoms with Crippen LogP contribution in [-0.4, -0.2) is 36.2 Å². The third-order valence-electron chi connectivity index (χ3n) is 6.93. The number of rotatable bonds is 6. The first-order valence-corrected chi connectivity index (χ1v) is 11.6. The lowest BCUT2D eigenvalue weighted by Gasteiger charge is -2.35. The van der Waals surface area contributed by atoms with Gasteiger partial charge in [0.1, 0.15) is 18.1 Å². The summed E-state index contributed by atoms with van der Waals surface area (Å²) < 4.78 is 6.03. The van der Waals surface area contributed by atoms with Crippen molar-refractivity contribution in [2.24, 2.45) is 0 Å². The topological polar surface area (TPSA) is 32.7 Å². The number of phenolic OH excluding ortho intramolecular Hbond substituents is 1. The summed E-state index contributed by atoms with van der Waals surface area (Å²) in [5.74, 6) is 2.02. The summed E-state index contributed by atoms with van der Waals surface area (Å²) in [4.78, 5) is 2.48. The molecule has 0 saturated carbocycles. The van der Waals surface area contributed by atoms with Crippen molar-refractivity contribution in [2.45, 2.75) is 37.5 Å². The van der Waals surface area contributed by atoms with Gasteiger partial charge in [0.05, 0.1) is 0 Å². The molecule has 2 atom stereocenters. The summed E-state index contributed by atoms with van der Waals surface area (Å²) in [5.41, 5.74) is 5.30. The maximum atomic E-state index is 10.0. The fraction of sp³-hybridized carbons (Fsp3) is 0.357. The van der Waals surface area contributed by atoms with Gasteiger partial charge in [-0.25, -0.2) is 0 Å². The molecule has 0 radical (unpaired) electrons. The molecule has 3 nitrogen and oxygen atoms in total. The quantitative estimate of drug-likeness (QED) is 0.489. The Balaban J connectivity index is 0.00000245. The third kappa shape index (κ3) is 4.95. The van der Waals surface area contributed by atoms with Crippen LogP contribution >= 0.6 is 12.4 Å². The van der Waals surface area contributed by atoms with E-state index in [1.165, 1.54) is 48.2 Å². The first-order valence-electron chi connectivity index (χ1n) is 11.6. The summed E-state index contributed by atoms with van der Waals surface area (Å²) in [6.45, 7) is 4.18. The summed E-state index contributed by atoms with van der Waals surface area (Å²) in [6, 6.07) is 25.4. The number of halogens is 1. The lowest BCUT2D eigenvalue weighted by Crippen LogP contribution is -2.25. The molecule has 0 bridgehead atoms. The molecule has 1 saturated heterocycles. The molecular weight excluding hydrogens is 418 g/mol. The van der Waals surface area contributed by atoms with E-state index in [0.29, 0.717) is 11.7 Å². The largest absolute Gasteiger partial charge is 0.508 e. The molecule has 1 fully saturated rings. The van der Waals surface area contributed by atoms with Crippen LogP contribution in [0.2, 0.25) is 0 Å². The van der Waals surface area contributed by atoms with E-state index in [-0.39, 0.29) is 18.3 Å². The zero-order chi connectivity index (χ0) is 21.0. The van der Waals surface area contributed by atoms with Crippen molar-refractivity contribution < 1.29 is 9.84 Å². The Kier molecular flexibility index (Phi) is 7.39. The second-order valence-corrected chi connectivity index (χ2v) is 8.88. The number of benzene rings is 3. The Morgan fingerprint density at radius 3 is 2.38 bits per heavy atom. The van der Waals surface area contributed by atoms with Crippen molar-refractivity contribution >= 4 is 12.4 Å². The average Bonchev–Trinajstić information content (AvgIpc) is 3.33. The normalized spacial score (nSPS) is 20.4.